The number of fused-ring (bicyclic) bond motifs is 1. The van der Waals surface area contributed by atoms with E-state index in [0.29, 0.717) is 5.92 Å². The number of nitrogens with zero attached hydrogens (tertiary/aromatic N) is 1. The van der Waals surface area contributed by atoms with Gasteiger partial charge in [0.1, 0.15) is 0 Å². The second-order valence-corrected chi connectivity index (χ2v) is 6.11. The molecule has 0 aliphatic heterocycles. The van der Waals surface area contributed by atoms with Crippen LogP contribution in [0.15, 0.2) is 48.7 Å². The van der Waals surface area contributed by atoms with Crippen molar-refractivity contribution in [3.05, 3.63) is 65.4 Å². The van der Waals surface area contributed by atoms with Gasteiger partial charge in [-0.3, -0.25) is 4.98 Å². The number of rotatable bonds is 2. The molecule has 1 heteroatoms. The van der Waals surface area contributed by atoms with Gasteiger partial charge < -0.3 is 0 Å². The third-order valence-corrected chi connectivity index (χ3v) is 4.11. The lowest BCUT2D eigenvalue weighted by molar-refractivity contribution is 0.869. The number of aryl methyl sites for hydroxylation is 2. The molecule has 0 aliphatic rings. The number of pyridine rings is 1. The van der Waals surface area contributed by atoms with Crippen LogP contribution < -0.4 is 0 Å². The van der Waals surface area contributed by atoms with E-state index in [4.69, 9.17) is 0 Å². The minimum absolute atomic E-state index is 0.529. The zero-order valence-corrected chi connectivity index (χ0v) is 13.1. The van der Waals surface area contributed by atoms with Crippen molar-refractivity contribution in [1.82, 2.24) is 4.98 Å². The molecule has 1 heterocycles. The third kappa shape index (κ3) is 2.56. The van der Waals surface area contributed by atoms with E-state index in [9.17, 15) is 0 Å². The molecule has 0 unspecified atom stereocenters. The number of aromatic nitrogens is 1. The molecule has 0 amide bonds. The Hall–Kier alpha value is -2.15. The van der Waals surface area contributed by atoms with Gasteiger partial charge in [-0.25, -0.2) is 0 Å². The molecule has 1 nitrogen and oxygen atoms in total. The van der Waals surface area contributed by atoms with Crippen LogP contribution in [-0.4, -0.2) is 4.98 Å². The first-order valence-corrected chi connectivity index (χ1v) is 7.52. The second kappa shape index (κ2) is 5.33. The topological polar surface area (TPSA) is 12.9 Å². The smallest absolute Gasteiger partial charge is 0.0783 e. The van der Waals surface area contributed by atoms with E-state index in [1.165, 1.54) is 33.0 Å². The van der Waals surface area contributed by atoms with Gasteiger partial charge in [-0.1, -0.05) is 43.7 Å². The molecule has 0 N–H and O–H groups in total. The highest BCUT2D eigenvalue weighted by atomic mass is 14.7. The quantitative estimate of drug-likeness (QED) is 0.589. The van der Waals surface area contributed by atoms with E-state index in [-0.39, 0.29) is 0 Å². The fraction of sp³-hybridized carbons (Fsp3) is 0.250. The Bertz CT molecular complexity index is 800. The van der Waals surface area contributed by atoms with Crippen molar-refractivity contribution in [3.63, 3.8) is 0 Å². The molecule has 21 heavy (non-hydrogen) atoms. The van der Waals surface area contributed by atoms with Crippen LogP contribution in [0.2, 0.25) is 0 Å². The molecule has 3 aromatic rings. The highest BCUT2D eigenvalue weighted by Crippen LogP contribution is 2.31. The van der Waals surface area contributed by atoms with Crippen LogP contribution in [0.5, 0.6) is 0 Å². The van der Waals surface area contributed by atoms with Gasteiger partial charge >= 0.3 is 0 Å². The van der Waals surface area contributed by atoms with Crippen LogP contribution in [-0.2, 0) is 0 Å². The van der Waals surface area contributed by atoms with Crippen LogP contribution >= 0.6 is 0 Å². The third-order valence-electron chi connectivity index (χ3n) is 4.11. The Morgan fingerprint density at radius 1 is 0.905 bits per heavy atom. The van der Waals surface area contributed by atoms with Crippen LogP contribution in [0.3, 0.4) is 0 Å². The number of hydrogen-bond donors (Lipinski definition) is 0. The monoisotopic (exact) mass is 275 g/mol. The average molecular weight is 275 g/mol. The van der Waals surface area contributed by atoms with Gasteiger partial charge in [0.15, 0.2) is 0 Å². The Labute approximate surface area is 126 Å². The van der Waals surface area contributed by atoms with Gasteiger partial charge in [-0.15, -0.1) is 0 Å². The molecular weight excluding hydrogens is 254 g/mol. The van der Waals surface area contributed by atoms with Crippen molar-refractivity contribution in [2.75, 3.05) is 0 Å². The summed E-state index contributed by atoms with van der Waals surface area (Å²) in [7, 11) is 0. The Morgan fingerprint density at radius 3 is 2.48 bits per heavy atom. The molecule has 106 valence electrons. The van der Waals surface area contributed by atoms with Crippen molar-refractivity contribution in [3.8, 4) is 11.3 Å². The van der Waals surface area contributed by atoms with E-state index in [1.54, 1.807) is 0 Å². The summed E-state index contributed by atoms with van der Waals surface area (Å²) < 4.78 is 0. The minimum Gasteiger partial charge on any atom is -0.256 e. The number of benzene rings is 2. The molecule has 0 saturated carbocycles. The zero-order chi connectivity index (χ0) is 15.0. The van der Waals surface area contributed by atoms with Crippen molar-refractivity contribution >= 4 is 10.8 Å². The fourth-order valence-corrected chi connectivity index (χ4v) is 2.75. The van der Waals surface area contributed by atoms with E-state index < -0.39 is 0 Å². The second-order valence-electron chi connectivity index (χ2n) is 6.11. The normalized spacial score (nSPS) is 11.3. The average Bonchev–Trinajstić information content (AvgIpc) is 2.48. The predicted molar refractivity (Wildman–Crippen MR) is 90.7 cm³/mol. The molecule has 0 atom stereocenters. The van der Waals surface area contributed by atoms with Crippen molar-refractivity contribution in [2.24, 2.45) is 0 Å². The minimum atomic E-state index is 0.529. The van der Waals surface area contributed by atoms with Gasteiger partial charge in [0, 0.05) is 17.1 Å². The standard InChI is InChI=1S/C20H21N/c1-13(2)17-8-7-16-9-10-21-20(19(16)12-17)18-11-14(3)5-6-15(18)4/h5-13H,1-4H3. The Kier molecular flexibility index (Phi) is 3.50. The fourth-order valence-electron chi connectivity index (χ4n) is 2.75. The summed E-state index contributed by atoms with van der Waals surface area (Å²) in [6, 6.07) is 15.4. The maximum Gasteiger partial charge on any atom is 0.0783 e. The van der Waals surface area contributed by atoms with E-state index >= 15 is 0 Å². The van der Waals surface area contributed by atoms with Crippen molar-refractivity contribution in [1.29, 1.82) is 0 Å². The van der Waals surface area contributed by atoms with Crippen LogP contribution in [0.25, 0.3) is 22.0 Å². The largest absolute Gasteiger partial charge is 0.256 e. The highest BCUT2D eigenvalue weighted by molar-refractivity contribution is 5.95. The predicted octanol–water partition coefficient (Wildman–Crippen LogP) is 5.64. The van der Waals surface area contributed by atoms with Gasteiger partial charge in [0.05, 0.1) is 5.69 Å². The maximum atomic E-state index is 4.68. The van der Waals surface area contributed by atoms with Gasteiger partial charge in [0.2, 0.25) is 0 Å². The first-order valence-electron chi connectivity index (χ1n) is 7.52. The summed E-state index contributed by atoms with van der Waals surface area (Å²) in [5, 5.41) is 2.50. The Balaban J connectivity index is 2.31. The highest BCUT2D eigenvalue weighted by Gasteiger charge is 2.10. The Morgan fingerprint density at radius 2 is 1.71 bits per heavy atom. The van der Waals surface area contributed by atoms with E-state index in [1.807, 2.05) is 6.20 Å². The lowest BCUT2D eigenvalue weighted by Crippen LogP contribution is -1.92. The first-order chi connectivity index (χ1) is 10.1. The zero-order valence-electron chi connectivity index (χ0n) is 13.1. The van der Waals surface area contributed by atoms with E-state index in [2.05, 4.69) is 75.1 Å². The molecule has 1 aromatic heterocycles. The number of hydrogen-bond acceptors (Lipinski definition) is 1. The van der Waals surface area contributed by atoms with Crippen LogP contribution in [0.4, 0.5) is 0 Å². The van der Waals surface area contributed by atoms with Gasteiger partial charge in [0.25, 0.3) is 0 Å². The maximum absolute atomic E-state index is 4.68. The summed E-state index contributed by atoms with van der Waals surface area (Å²) in [6.07, 6.45) is 1.91. The molecular formula is C20H21N. The van der Waals surface area contributed by atoms with Gasteiger partial charge in [-0.2, -0.15) is 0 Å². The van der Waals surface area contributed by atoms with Crippen molar-refractivity contribution in [2.45, 2.75) is 33.6 Å². The molecule has 3 rings (SSSR count). The summed E-state index contributed by atoms with van der Waals surface area (Å²) >= 11 is 0. The lowest BCUT2D eigenvalue weighted by Gasteiger charge is -2.12. The molecule has 0 spiro atoms. The SMILES string of the molecule is Cc1ccc(C)c(-c2nccc3ccc(C(C)C)cc23)c1. The van der Waals surface area contributed by atoms with Crippen molar-refractivity contribution < 1.29 is 0 Å². The molecule has 0 aliphatic carbocycles. The summed E-state index contributed by atoms with van der Waals surface area (Å²) in [5.74, 6) is 0.529. The summed E-state index contributed by atoms with van der Waals surface area (Å²) in [5.41, 5.74) is 6.24. The van der Waals surface area contributed by atoms with Crippen LogP contribution in [0.1, 0.15) is 36.5 Å². The van der Waals surface area contributed by atoms with Crippen LogP contribution in [0, 0.1) is 13.8 Å². The lowest BCUT2D eigenvalue weighted by atomic mass is 9.95. The molecule has 0 saturated heterocycles. The molecule has 0 bridgehead atoms. The molecule has 0 radical (unpaired) electrons. The summed E-state index contributed by atoms with van der Waals surface area (Å²) in [4.78, 5) is 4.68. The summed E-state index contributed by atoms with van der Waals surface area (Å²) in [6.45, 7) is 8.75. The van der Waals surface area contributed by atoms with E-state index in [0.717, 1.165) is 5.69 Å². The molecule has 2 aromatic carbocycles. The van der Waals surface area contributed by atoms with Gasteiger partial charge in [-0.05, 0) is 54.5 Å². The first kappa shape index (κ1) is 13.8. The molecule has 0 fully saturated rings.